The van der Waals surface area contributed by atoms with Crippen LogP contribution in [-0.4, -0.2) is 18.6 Å². The quantitative estimate of drug-likeness (QED) is 0.868. The molecular formula is C13H15BrFNO2. The summed E-state index contributed by atoms with van der Waals surface area (Å²) in [6.45, 7) is 0.328. The van der Waals surface area contributed by atoms with E-state index in [1.54, 1.807) is 12.1 Å². The molecular weight excluding hydrogens is 301 g/mol. The second-order valence-corrected chi connectivity index (χ2v) is 5.43. The van der Waals surface area contributed by atoms with Gasteiger partial charge in [0.15, 0.2) is 0 Å². The molecule has 0 heterocycles. The first-order valence-electron chi connectivity index (χ1n) is 5.85. The van der Waals surface area contributed by atoms with Crippen LogP contribution >= 0.6 is 15.9 Å². The van der Waals surface area contributed by atoms with Crippen molar-refractivity contribution < 1.29 is 13.9 Å². The lowest BCUT2D eigenvalue weighted by Crippen LogP contribution is -2.57. The van der Waals surface area contributed by atoms with E-state index in [0.717, 1.165) is 19.3 Å². The number of rotatable bonds is 4. The Morgan fingerprint density at radius 3 is 2.78 bits per heavy atom. The van der Waals surface area contributed by atoms with Crippen LogP contribution in [0.4, 0.5) is 4.39 Å². The maximum atomic E-state index is 13.6. The Morgan fingerprint density at radius 1 is 1.56 bits per heavy atom. The maximum Gasteiger partial charge on any atom is 0.326 e. The number of benzene rings is 1. The van der Waals surface area contributed by atoms with E-state index < -0.39 is 5.54 Å². The van der Waals surface area contributed by atoms with Gasteiger partial charge in [0.1, 0.15) is 11.4 Å². The van der Waals surface area contributed by atoms with Crippen molar-refractivity contribution >= 4 is 21.9 Å². The predicted octanol–water partition coefficient (Wildman–Crippen LogP) is 2.77. The van der Waals surface area contributed by atoms with Gasteiger partial charge < -0.3 is 4.74 Å². The lowest BCUT2D eigenvalue weighted by Gasteiger charge is -2.39. The van der Waals surface area contributed by atoms with Crippen LogP contribution in [0.15, 0.2) is 22.7 Å². The van der Waals surface area contributed by atoms with Gasteiger partial charge in [-0.1, -0.05) is 22.0 Å². The molecule has 0 unspecified atom stereocenters. The van der Waals surface area contributed by atoms with Crippen molar-refractivity contribution in [2.45, 2.75) is 31.3 Å². The first kappa shape index (κ1) is 13.5. The van der Waals surface area contributed by atoms with Crippen molar-refractivity contribution in [2.24, 2.45) is 0 Å². The average molecular weight is 316 g/mol. The molecule has 0 radical (unpaired) electrons. The molecule has 1 fully saturated rings. The van der Waals surface area contributed by atoms with Gasteiger partial charge in [0.25, 0.3) is 0 Å². The van der Waals surface area contributed by atoms with Crippen LogP contribution in [0.2, 0.25) is 0 Å². The number of halogens is 2. The number of hydrogen-bond donors (Lipinski definition) is 1. The number of carbonyl (C=O) groups is 1. The molecule has 0 saturated heterocycles. The van der Waals surface area contributed by atoms with Gasteiger partial charge in [-0.2, -0.15) is 0 Å². The van der Waals surface area contributed by atoms with Gasteiger partial charge in [-0.05, 0) is 31.4 Å². The highest BCUT2D eigenvalue weighted by Gasteiger charge is 2.44. The standard InChI is InChI=1S/C13H15BrFNO2/c1-18-12(17)13(5-2-6-13)16-8-9-3-4-10(14)7-11(9)15/h3-4,7,16H,2,5-6,8H2,1H3. The second kappa shape index (κ2) is 5.36. The van der Waals surface area contributed by atoms with Crippen molar-refractivity contribution in [2.75, 3.05) is 7.11 Å². The van der Waals surface area contributed by atoms with Crippen molar-refractivity contribution in [3.05, 3.63) is 34.1 Å². The molecule has 18 heavy (non-hydrogen) atoms. The van der Waals surface area contributed by atoms with Crippen LogP contribution < -0.4 is 5.32 Å². The number of ether oxygens (including phenoxy) is 1. The van der Waals surface area contributed by atoms with Crippen LogP contribution in [0.5, 0.6) is 0 Å². The Hall–Kier alpha value is -0.940. The van der Waals surface area contributed by atoms with Crippen LogP contribution in [0.3, 0.4) is 0 Å². The minimum Gasteiger partial charge on any atom is -0.468 e. The van der Waals surface area contributed by atoms with Gasteiger partial charge in [-0.3, -0.25) is 10.1 Å². The van der Waals surface area contributed by atoms with E-state index in [4.69, 9.17) is 4.74 Å². The van der Waals surface area contributed by atoms with E-state index in [1.165, 1.54) is 13.2 Å². The second-order valence-electron chi connectivity index (χ2n) is 4.52. The normalized spacial score (nSPS) is 17.1. The van der Waals surface area contributed by atoms with Gasteiger partial charge in [0.2, 0.25) is 0 Å². The Morgan fingerprint density at radius 2 is 2.28 bits per heavy atom. The molecule has 2 rings (SSSR count). The van der Waals surface area contributed by atoms with Crippen LogP contribution in [0.1, 0.15) is 24.8 Å². The Kier molecular flexibility index (Phi) is 4.02. The first-order valence-corrected chi connectivity index (χ1v) is 6.64. The lowest BCUT2D eigenvalue weighted by atomic mass is 9.76. The summed E-state index contributed by atoms with van der Waals surface area (Å²) in [7, 11) is 1.38. The molecule has 1 aromatic rings. The summed E-state index contributed by atoms with van der Waals surface area (Å²) in [4.78, 5) is 11.7. The summed E-state index contributed by atoms with van der Waals surface area (Å²) >= 11 is 3.21. The molecule has 1 saturated carbocycles. The van der Waals surface area contributed by atoms with E-state index in [0.29, 0.717) is 16.6 Å². The van der Waals surface area contributed by atoms with Gasteiger partial charge in [-0.15, -0.1) is 0 Å². The third-order valence-electron chi connectivity index (χ3n) is 3.42. The molecule has 1 aliphatic rings. The highest BCUT2D eigenvalue weighted by atomic mass is 79.9. The molecule has 0 amide bonds. The van der Waals surface area contributed by atoms with E-state index in [-0.39, 0.29) is 11.8 Å². The molecule has 0 spiro atoms. The van der Waals surface area contributed by atoms with Crippen molar-refractivity contribution in [1.29, 1.82) is 0 Å². The zero-order valence-corrected chi connectivity index (χ0v) is 11.7. The topological polar surface area (TPSA) is 38.3 Å². The first-order chi connectivity index (χ1) is 8.57. The zero-order chi connectivity index (χ0) is 13.2. The third-order valence-corrected chi connectivity index (χ3v) is 3.91. The fourth-order valence-electron chi connectivity index (χ4n) is 2.11. The third kappa shape index (κ3) is 2.57. The van der Waals surface area contributed by atoms with Crippen LogP contribution in [-0.2, 0) is 16.1 Å². The fraction of sp³-hybridized carbons (Fsp3) is 0.462. The molecule has 0 bridgehead atoms. The Labute approximate surface area is 114 Å². The van der Waals surface area contributed by atoms with Crippen molar-refractivity contribution in [3.63, 3.8) is 0 Å². The zero-order valence-electron chi connectivity index (χ0n) is 10.1. The largest absolute Gasteiger partial charge is 0.468 e. The lowest BCUT2D eigenvalue weighted by molar-refractivity contribution is -0.152. The van der Waals surface area contributed by atoms with E-state index >= 15 is 0 Å². The van der Waals surface area contributed by atoms with Crippen LogP contribution in [0, 0.1) is 5.82 Å². The van der Waals surface area contributed by atoms with Gasteiger partial charge >= 0.3 is 5.97 Å². The maximum absolute atomic E-state index is 13.6. The minimum absolute atomic E-state index is 0.258. The smallest absolute Gasteiger partial charge is 0.326 e. The number of esters is 1. The Balaban J connectivity index is 2.04. The number of methoxy groups -OCH3 is 1. The Bertz CT molecular complexity index is 460. The summed E-state index contributed by atoms with van der Waals surface area (Å²) in [6.07, 6.45) is 2.49. The highest BCUT2D eigenvalue weighted by Crippen LogP contribution is 2.33. The molecule has 3 nitrogen and oxygen atoms in total. The molecule has 0 aliphatic heterocycles. The minimum atomic E-state index is -0.617. The molecule has 1 aliphatic carbocycles. The molecule has 1 aromatic carbocycles. The summed E-state index contributed by atoms with van der Waals surface area (Å²) in [5, 5.41) is 3.13. The average Bonchev–Trinajstić information content (AvgIpc) is 2.29. The SMILES string of the molecule is COC(=O)C1(NCc2ccc(Br)cc2F)CCC1. The van der Waals surface area contributed by atoms with E-state index in [1.807, 2.05) is 0 Å². The fourth-order valence-corrected chi connectivity index (χ4v) is 2.44. The van der Waals surface area contributed by atoms with Gasteiger partial charge in [-0.25, -0.2) is 4.39 Å². The van der Waals surface area contributed by atoms with E-state index in [9.17, 15) is 9.18 Å². The summed E-state index contributed by atoms with van der Waals surface area (Å²) < 4.78 is 19.1. The monoisotopic (exact) mass is 315 g/mol. The van der Waals surface area contributed by atoms with Gasteiger partial charge in [0, 0.05) is 16.6 Å². The van der Waals surface area contributed by atoms with Crippen molar-refractivity contribution in [1.82, 2.24) is 5.32 Å². The molecule has 5 heteroatoms. The van der Waals surface area contributed by atoms with E-state index in [2.05, 4.69) is 21.2 Å². The number of hydrogen-bond acceptors (Lipinski definition) is 3. The summed E-state index contributed by atoms with van der Waals surface area (Å²) in [6, 6.07) is 4.91. The number of carbonyl (C=O) groups excluding carboxylic acids is 1. The molecule has 1 N–H and O–H groups in total. The molecule has 0 atom stereocenters. The number of nitrogens with one attached hydrogen (secondary N) is 1. The van der Waals surface area contributed by atoms with Crippen molar-refractivity contribution in [3.8, 4) is 0 Å². The molecule has 98 valence electrons. The molecule has 0 aromatic heterocycles. The summed E-state index contributed by atoms with van der Waals surface area (Å²) in [5.74, 6) is -0.539. The van der Waals surface area contributed by atoms with Crippen LogP contribution in [0.25, 0.3) is 0 Å². The predicted molar refractivity (Wildman–Crippen MR) is 69.5 cm³/mol. The highest BCUT2D eigenvalue weighted by molar-refractivity contribution is 9.10. The van der Waals surface area contributed by atoms with Gasteiger partial charge in [0.05, 0.1) is 7.11 Å². The summed E-state index contributed by atoms with van der Waals surface area (Å²) in [5.41, 5.74) is -0.0674.